The van der Waals surface area contributed by atoms with Crippen molar-refractivity contribution in [3.63, 3.8) is 0 Å². The van der Waals surface area contributed by atoms with E-state index in [4.69, 9.17) is 0 Å². The number of hydrogen-bond acceptors (Lipinski definition) is 3. The van der Waals surface area contributed by atoms with Gasteiger partial charge in [0.2, 0.25) is 0 Å². The van der Waals surface area contributed by atoms with Gasteiger partial charge < -0.3 is 0 Å². The Labute approximate surface area is 106 Å². The summed E-state index contributed by atoms with van der Waals surface area (Å²) in [5.41, 5.74) is 8.76. The van der Waals surface area contributed by atoms with Crippen molar-refractivity contribution in [2.75, 3.05) is 0 Å². The molecule has 3 nitrogen and oxygen atoms in total. The summed E-state index contributed by atoms with van der Waals surface area (Å²) in [6, 6.07) is 12.2. The lowest BCUT2D eigenvalue weighted by atomic mass is 9.99. The number of pyridine rings is 1. The minimum atomic E-state index is 0.787. The monoisotopic (exact) mass is 235 g/mol. The highest BCUT2D eigenvalue weighted by Crippen LogP contribution is 2.22. The van der Waals surface area contributed by atoms with Gasteiger partial charge in [-0.25, -0.2) is 0 Å². The average Bonchev–Trinajstić information content (AvgIpc) is 2.39. The molecular formula is C15H13N3. The third-order valence-corrected chi connectivity index (χ3v) is 2.95. The van der Waals surface area contributed by atoms with E-state index in [1.165, 1.54) is 5.56 Å². The standard InChI is InChI=1S/C15H13N3/c1-10-5-3-6-12(9-10)14-15-13(7-4-8-16-15)11(2)17-18-14/h3-9,17H,2H2,1H3. The topological polar surface area (TPSA) is 37.3 Å². The summed E-state index contributed by atoms with van der Waals surface area (Å²) >= 11 is 0. The van der Waals surface area contributed by atoms with Crippen LogP contribution in [0.5, 0.6) is 0 Å². The van der Waals surface area contributed by atoms with Crippen LogP contribution in [0.2, 0.25) is 0 Å². The summed E-state index contributed by atoms with van der Waals surface area (Å²) < 4.78 is 0. The molecule has 3 rings (SSSR count). The van der Waals surface area contributed by atoms with Gasteiger partial charge in [0, 0.05) is 17.3 Å². The highest BCUT2D eigenvalue weighted by atomic mass is 15.3. The molecule has 18 heavy (non-hydrogen) atoms. The van der Waals surface area contributed by atoms with Crippen LogP contribution < -0.4 is 5.43 Å². The minimum absolute atomic E-state index is 0.787. The Kier molecular flexibility index (Phi) is 2.45. The third-order valence-electron chi connectivity index (χ3n) is 2.95. The van der Waals surface area contributed by atoms with Crippen LogP contribution in [0.25, 0.3) is 5.70 Å². The Morgan fingerprint density at radius 2 is 2.06 bits per heavy atom. The van der Waals surface area contributed by atoms with Gasteiger partial charge in [-0.2, -0.15) is 5.10 Å². The fraction of sp³-hybridized carbons (Fsp3) is 0.0667. The SMILES string of the molecule is C=C1NN=C(c2cccc(C)c2)c2ncccc21. The molecule has 3 heteroatoms. The van der Waals surface area contributed by atoms with Gasteiger partial charge >= 0.3 is 0 Å². The van der Waals surface area contributed by atoms with E-state index in [0.29, 0.717) is 0 Å². The normalized spacial score (nSPS) is 13.6. The van der Waals surface area contributed by atoms with Crippen molar-refractivity contribution in [3.05, 3.63) is 71.6 Å². The van der Waals surface area contributed by atoms with Gasteiger partial charge in [-0.15, -0.1) is 0 Å². The zero-order valence-electron chi connectivity index (χ0n) is 10.1. The first-order chi connectivity index (χ1) is 8.75. The van der Waals surface area contributed by atoms with E-state index in [2.05, 4.69) is 41.1 Å². The summed E-state index contributed by atoms with van der Waals surface area (Å²) in [4.78, 5) is 4.43. The van der Waals surface area contributed by atoms with Crippen LogP contribution in [-0.4, -0.2) is 10.7 Å². The van der Waals surface area contributed by atoms with E-state index < -0.39 is 0 Å². The average molecular weight is 235 g/mol. The summed E-state index contributed by atoms with van der Waals surface area (Å²) in [6.07, 6.45) is 1.78. The van der Waals surface area contributed by atoms with Gasteiger partial charge in [-0.05, 0) is 25.1 Å². The number of hydrazone groups is 1. The van der Waals surface area contributed by atoms with Crippen molar-refractivity contribution < 1.29 is 0 Å². The van der Waals surface area contributed by atoms with Crippen molar-refractivity contribution in [1.82, 2.24) is 10.4 Å². The van der Waals surface area contributed by atoms with Crippen molar-refractivity contribution in [3.8, 4) is 0 Å². The Bertz CT molecular complexity index is 656. The summed E-state index contributed by atoms with van der Waals surface area (Å²) in [7, 11) is 0. The highest BCUT2D eigenvalue weighted by Gasteiger charge is 2.19. The number of hydrogen-bond donors (Lipinski definition) is 1. The molecule has 2 heterocycles. The highest BCUT2D eigenvalue weighted by molar-refractivity contribution is 6.15. The molecule has 0 bridgehead atoms. The van der Waals surface area contributed by atoms with E-state index in [1.807, 2.05) is 24.3 Å². The Balaban J connectivity index is 2.17. The van der Waals surface area contributed by atoms with Gasteiger partial charge in [0.05, 0.1) is 5.70 Å². The van der Waals surface area contributed by atoms with Crippen LogP contribution in [0, 0.1) is 6.92 Å². The number of nitrogens with zero attached hydrogens (tertiary/aromatic N) is 2. The molecule has 0 unspecified atom stereocenters. The molecular weight excluding hydrogens is 222 g/mol. The number of aryl methyl sites for hydroxylation is 1. The molecule has 0 saturated carbocycles. The van der Waals surface area contributed by atoms with Crippen molar-refractivity contribution in [1.29, 1.82) is 0 Å². The second-order valence-electron chi connectivity index (χ2n) is 4.32. The molecule has 1 aromatic heterocycles. The molecule has 0 spiro atoms. The first-order valence-corrected chi connectivity index (χ1v) is 5.81. The fourth-order valence-corrected chi connectivity index (χ4v) is 2.07. The van der Waals surface area contributed by atoms with Crippen molar-refractivity contribution in [2.45, 2.75) is 6.92 Å². The van der Waals surface area contributed by atoms with Crippen LogP contribution in [0.3, 0.4) is 0 Å². The predicted octanol–water partition coefficient (Wildman–Crippen LogP) is 2.72. The zero-order valence-corrected chi connectivity index (χ0v) is 10.1. The van der Waals surface area contributed by atoms with E-state index in [-0.39, 0.29) is 0 Å². The maximum absolute atomic E-state index is 4.43. The zero-order chi connectivity index (χ0) is 12.5. The molecule has 2 aromatic rings. The van der Waals surface area contributed by atoms with Crippen molar-refractivity contribution >= 4 is 11.4 Å². The van der Waals surface area contributed by atoms with Gasteiger partial charge in [0.25, 0.3) is 0 Å². The largest absolute Gasteiger partial charge is 0.278 e. The van der Waals surface area contributed by atoms with Crippen LogP contribution in [0.1, 0.15) is 22.4 Å². The molecule has 0 atom stereocenters. The first-order valence-electron chi connectivity index (χ1n) is 5.81. The lowest BCUT2D eigenvalue weighted by molar-refractivity contribution is 0.966. The third kappa shape index (κ3) is 1.70. The van der Waals surface area contributed by atoms with Crippen LogP contribution >= 0.6 is 0 Å². The molecule has 88 valence electrons. The molecule has 1 aromatic carbocycles. The second kappa shape index (κ2) is 4.11. The first kappa shape index (κ1) is 10.7. The summed E-state index contributed by atoms with van der Waals surface area (Å²) in [5, 5.41) is 4.37. The molecule has 1 aliphatic rings. The number of fused-ring (bicyclic) bond motifs is 1. The van der Waals surface area contributed by atoms with Gasteiger partial charge in [0.1, 0.15) is 11.4 Å². The van der Waals surface area contributed by atoms with Gasteiger partial charge in [-0.1, -0.05) is 30.3 Å². The van der Waals surface area contributed by atoms with Crippen LogP contribution in [0.4, 0.5) is 0 Å². The number of nitrogens with one attached hydrogen (secondary N) is 1. The van der Waals surface area contributed by atoms with Crippen LogP contribution in [0.15, 0.2) is 54.3 Å². The minimum Gasteiger partial charge on any atom is -0.278 e. The van der Waals surface area contributed by atoms with E-state index in [9.17, 15) is 0 Å². The smallest absolute Gasteiger partial charge is 0.117 e. The van der Waals surface area contributed by atoms with Crippen molar-refractivity contribution in [2.24, 2.45) is 5.10 Å². The van der Waals surface area contributed by atoms with E-state index in [1.54, 1.807) is 6.20 Å². The molecule has 0 aliphatic carbocycles. The summed E-state index contributed by atoms with van der Waals surface area (Å²) in [5.74, 6) is 0. The molecule has 0 fully saturated rings. The molecule has 1 N–H and O–H groups in total. The number of rotatable bonds is 1. The number of aromatic nitrogens is 1. The number of benzene rings is 1. The Hall–Kier alpha value is -2.42. The lowest BCUT2D eigenvalue weighted by Crippen LogP contribution is -2.21. The molecule has 0 saturated heterocycles. The molecule has 0 radical (unpaired) electrons. The quantitative estimate of drug-likeness (QED) is 0.825. The maximum Gasteiger partial charge on any atom is 0.117 e. The van der Waals surface area contributed by atoms with Crippen LogP contribution in [-0.2, 0) is 0 Å². The molecule has 1 aliphatic heterocycles. The Morgan fingerprint density at radius 1 is 1.17 bits per heavy atom. The molecule has 0 amide bonds. The maximum atomic E-state index is 4.43. The van der Waals surface area contributed by atoms with Gasteiger partial charge in [-0.3, -0.25) is 10.4 Å². The fourth-order valence-electron chi connectivity index (χ4n) is 2.07. The van der Waals surface area contributed by atoms with E-state index >= 15 is 0 Å². The predicted molar refractivity (Wildman–Crippen MR) is 73.2 cm³/mol. The van der Waals surface area contributed by atoms with E-state index in [0.717, 1.165) is 28.2 Å². The summed E-state index contributed by atoms with van der Waals surface area (Å²) in [6.45, 7) is 6.01. The Morgan fingerprint density at radius 3 is 2.89 bits per heavy atom. The lowest BCUT2D eigenvalue weighted by Gasteiger charge is -2.18. The van der Waals surface area contributed by atoms with Gasteiger partial charge in [0.15, 0.2) is 0 Å². The second-order valence-corrected chi connectivity index (χ2v) is 4.32.